The van der Waals surface area contributed by atoms with E-state index < -0.39 is 0 Å². The van der Waals surface area contributed by atoms with Gasteiger partial charge in [-0.05, 0) is 30.7 Å². The molecule has 15 heavy (non-hydrogen) atoms. The van der Waals surface area contributed by atoms with Gasteiger partial charge in [0.1, 0.15) is 0 Å². The van der Waals surface area contributed by atoms with Crippen molar-refractivity contribution in [3.8, 4) is 6.07 Å². The summed E-state index contributed by atoms with van der Waals surface area (Å²) in [6.45, 7) is 0.972. The number of allylic oxidation sites excluding steroid dienone is 2. The second kappa shape index (κ2) is 6.88. The van der Waals surface area contributed by atoms with Crippen LogP contribution < -0.4 is 5.32 Å². The van der Waals surface area contributed by atoms with E-state index in [1.54, 1.807) is 0 Å². The zero-order chi connectivity index (χ0) is 10.9. The molecule has 0 aromatic rings. The fourth-order valence-electron chi connectivity index (χ4n) is 1.75. The molecule has 0 fully saturated rings. The van der Waals surface area contributed by atoms with Crippen molar-refractivity contribution in [3.05, 3.63) is 22.6 Å². The van der Waals surface area contributed by atoms with Gasteiger partial charge in [-0.3, -0.25) is 0 Å². The highest BCUT2D eigenvalue weighted by molar-refractivity contribution is 5.01. The molecule has 1 aliphatic carbocycles. The largest absolute Gasteiger partial charge is 0.302 e. The summed E-state index contributed by atoms with van der Waals surface area (Å²) in [6, 6.07) is 2.15. The first-order chi connectivity index (χ1) is 7.38. The van der Waals surface area contributed by atoms with Crippen LogP contribution in [0.5, 0.6) is 0 Å². The molecular formula is C10H15N5. The minimum Gasteiger partial charge on any atom is -0.302 e. The molecule has 0 spiro atoms. The topological polar surface area (TPSA) is 84.6 Å². The van der Waals surface area contributed by atoms with Crippen LogP contribution in [0.1, 0.15) is 19.3 Å². The molecule has 5 heteroatoms. The number of azide groups is 1. The van der Waals surface area contributed by atoms with Crippen LogP contribution in [0.15, 0.2) is 17.3 Å². The van der Waals surface area contributed by atoms with E-state index in [4.69, 9.17) is 10.8 Å². The SMILES string of the molecule is N#CC(NCCN=[N+]=[N-])C1CC=CCC1. The van der Waals surface area contributed by atoms with Gasteiger partial charge in [0, 0.05) is 18.0 Å². The van der Waals surface area contributed by atoms with Gasteiger partial charge in [-0.15, -0.1) is 0 Å². The summed E-state index contributed by atoms with van der Waals surface area (Å²) in [4.78, 5) is 2.66. The van der Waals surface area contributed by atoms with Crippen LogP contribution in [0.2, 0.25) is 0 Å². The molecule has 0 bridgehead atoms. The van der Waals surface area contributed by atoms with Crippen molar-refractivity contribution in [3.63, 3.8) is 0 Å². The number of hydrogen-bond donors (Lipinski definition) is 1. The molecular weight excluding hydrogens is 190 g/mol. The van der Waals surface area contributed by atoms with Crippen molar-refractivity contribution in [2.24, 2.45) is 11.0 Å². The highest BCUT2D eigenvalue weighted by atomic mass is 15.1. The smallest absolute Gasteiger partial charge is 0.0984 e. The van der Waals surface area contributed by atoms with Gasteiger partial charge < -0.3 is 5.32 Å². The maximum absolute atomic E-state index is 8.99. The van der Waals surface area contributed by atoms with E-state index in [2.05, 4.69) is 33.6 Å². The van der Waals surface area contributed by atoms with Crippen LogP contribution in [-0.4, -0.2) is 19.1 Å². The van der Waals surface area contributed by atoms with Crippen LogP contribution in [-0.2, 0) is 0 Å². The molecule has 2 unspecified atom stereocenters. The van der Waals surface area contributed by atoms with Gasteiger partial charge in [0.05, 0.1) is 12.1 Å². The molecule has 2 atom stereocenters. The lowest BCUT2D eigenvalue weighted by Crippen LogP contribution is -2.36. The number of nitrogens with zero attached hydrogens (tertiary/aromatic N) is 4. The quantitative estimate of drug-likeness (QED) is 0.245. The third kappa shape index (κ3) is 4.03. The van der Waals surface area contributed by atoms with Crippen molar-refractivity contribution in [1.29, 1.82) is 5.26 Å². The van der Waals surface area contributed by atoms with Crippen molar-refractivity contribution in [1.82, 2.24) is 5.32 Å². The molecule has 0 aliphatic heterocycles. The monoisotopic (exact) mass is 205 g/mol. The van der Waals surface area contributed by atoms with Crippen LogP contribution >= 0.6 is 0 Å². The number of hydrogen-bond acceptors (Lipinski definition) is 3. The molecule has 0 heterocycles. The van der Waals surface area contributed by atoms with Gasteiger partial charge >= 0.3 is 0 Å². The summed E-state index contributed by atoms with van der Waals surface area (Å²) in [7, 11) is 0. The lowest BCUT2D eigenvalue weighted by atomic mass is 9.88. The van der Waals surface area contributed by atoms with Gasteiger partial charge in [0.25, 0.3) is 0 Å². The minimum absolute atomic E-state index is 0.121. The maximum atomic E-state index is 8.99. The zero-order valence-electron chi connectivity index (χ0n) is 8.63. The number of nitriles is 1. The van der Waals surface area contributed by atoms with Crippen LogP contribution in [0, 0.1) is 17.2 Å². The zero-order valence-corrected chi connectivity index (χ0v) is 8.63. The molecule has 0 saturated carbocycles. The molecule has 0 saturated heterocycles. The predicted octanol–water partition coefficient (Wildman–Crippen LogP) is 2.13. The van der Waals surface area contributed by atoms with E-state index in [0.717, 1.165) is 19.3 Å². The summed E-state index contributed by atoms with van der Waals surface area (Å²) in [5.74, 6) is 0.395. The molecule has 1 N–H and O–H groups in total. The number of nitrogens with one attached hydrogen (secondary N) is 1. The van der Waals surface area contributed by atoms with Gasteiger partial charge in [0.15, 0.2) is 0 Å². The van der Waals surface area contributed by atoms with Crippen molar-refractivity contribution in [2.45, 2.75) is 25.3 Å². The standard InChI is InChI=1S/C10H15N5/c11-8-10(13-6-7-14-15-12)9-4-2-1-3-5-9/h1-2,9-10,13H,3-7H2. The molecule has 0 aromatic heterocycles. The van der Waals surface area contributed by atoms with Crippen molar-refractivity contribution >= 4 is 0 Å². The van der Waals surface area contributed by atoms with E-state index in [-0.39, 0.29) is 6.04 Å². The van der Waals surface area contributed by atoms with Crippen LogP contribution in [0.4, 0.5) is 0 Å². The van der Waals surface area contributed by atoms with Crippen LogP contribution in [0.3, 0.4) is 0 Å². The molecule has 0 amide bonds. The lowest BCUT2D eigenvalue weighted by Gasteiger charge is -2.23. The Bertz CT molecular complexity index is 297. The molecule has 80 valence electrons. The first-order valence-corrected chi connectivity index (χ1v) is 5.17. The summed E-state index contributed by atoms with van der Waals surface area (Å²) in [5, 5.41) is 15.5. The Morgan fingerprint density at radius 3 is 3.13 bits per heavy atom. The Balaban J connectivity index is 2.32. The van der Waals surface area contributed by atoms with Gasteiger partial charge in [-0.2, -0.15) is 5.26 Å². The minimum atomic E-state index is -0.121. The fraction of sp³-hybridized carbons (Fsp3) is 0.700. The maximum Gasteiger partial charge on any atom is 0.0984 e. The Hall–Kier alpha value is -1.50. The van der Waals surface area contributed by atoms with Crippen LogP contribution in [0.25, 0.3) is 10.4 Å². The average molecular weight is 205 g/mol. The molecule has 5 nitrogen and oxygen atoms in total. The summed E-state index contributed by atoms with van der Waals surface area (Å²) in [5.41, 5.74) is 8.09. The summed E-state index contributed by atoms with van der Waals surface area (Å²) >= 11 is 0. The Morgan fingerprint density at radius 1 is 1.67 bits per heavy atom. The highest BCUT2D eigenvalue weighted by Gasteiger charge is 2.20. The first kappa shape index (κ1) is 11.6. The van der Waals surface area contributed by atoms with Crippen molar-refractivity contribution in [2.75, 3.05) is 13.1 Å². The fourth-order valence-corrected chi connectivity index (χ4v) is 1.75. The molecule has 1 aliphatic rings. The number of rotatable bonds is 5. The molecule has 0 radical (unpaired) electrons. The summed E-state index contributed by atoms with van der Waals surface area (Å²) < 4.78 is 0. The summed E-state index contributed by atoms with van der Waals surface area (Å²) in [6.07, 6.45) is 7.37. The van der Waals surface area contributed by atoms with E-state index in [1.807, 2.05) is 0 Å². The van der Waals surface area contributed by atoms with Gasteiger partial charge in [-0.25, -0.2) is 0 Å². The van der Waals surface area contributed by atoms with E-state index in [1.165, 1.54) is 0 Å². The van der Waals surface area contributed by atoms with E-state index in [0.29, 0.717) is 19.0 Å². The lowest BCUT2D eigenvalue weighted by molar-refractivity contribution is 0.386. The van der Waals surface area contributed by atoms with Crippen molar-refractivity contribution < 1.29 is 0 Å². The second-order valence-corrected chi connectivity index (χ2v) is 3.56. The Kier molecular flexibility index (Phi) is 5.31. The third-order valence-corrected chi connectivity index (χ3v) is 2.56. The van der Waals surface area contributed by atoms with E-state index >= 15 is 0 Å². The normalized spacial score (nSPS) is 21.4. The molecule has 1 rings (SSSR count). The Labute approximate surface area is 89.4 Å². The first-order valence-electron chi connectivity index (χ1n) is 5.17. The van der Waals surface area contributed by atoms with Gasteiger partial charge in [-0.1, -0.05) is 17.3 Å². The highest BCUT2D eigenvalue weighted by Crippen LogP contribution is 2.21. The third-order valence-electron chi connectivity index (χ3n) is 2.56. The predicted molar refractivity (Wildman–Crippen MR) is 57.9 cm³/mol. The molecule has 0 aromatic carbocycles. The van der Waals surface area contributed by atoms with Gasteiger partial charge in [0.2, 0.25) is 0 Å². The van der Waals surface area contributed by atoms with E-state index in [9.17, 15) is 0 Å². The Morgan fingerprint density at radius 2 is 2.53 bits per heavy atom. The average Bonchev–Trinajstić information content (AvgIpc) is 2.30. The second-order valence-electron chi connectivity index (χ2n) is 3.56.